The van der Waals surface area contributed by atoms with Gasteiger partial charge < -0.3 is 15.0 Å². The average Bonchev–Trinajstić information content (AvgIpc) is 3.03. The molecule has 1 N–H and O–H groups in total. The van der Waals surface area contributed by atoms with Crippen molar-refractivity contribution < 1.29 is 14.3 Å². The summed E-state index contributed by atoms with van der Waals surface area (Å²) in [6.07, 6.45) is 6.07. The van der Waals surface area contributed by atoms with E-state index in [1.165, 1.54) is 0 Å². The number of nitrogens with zero attached hydrogens (tertiary/aromatic N) is 2. The van der Waals surface area contributed by atoms with Gasteiger partial charge in [-0.1, -0.05) is 0 Å². The molecule has 24 heavy (non-hydrogen) atoms. The van der Waals surface area contributed by atoms with Crippen LogP contribution in [0.2, 0.25) is 0 Å². The Morgan fingerprint density at radius 1 is 1.54 bits per heavy atom. The van der Waals surface area contributed by atoms with Crippen LogP contribution in [0, 0.1) is 6.92 Å². The number of rotatable bonds is 6. The van der Waals surface area contributed by atoms with E-state index in [-0.39, 0.29) is 11.8 Å². The number of thiazole rings is 1. The molecule has 0 aliphatic carbocycles. The van der Waals surface area contributed by atoms with E-state index in [0.29, 0.717) is 25.9 Å². The zero-order chi connectivity index (χ0) is 17.6. The highest BCUT2D eigenvalue weighted by Crippen LogP contribution is 2.29. The molecule has 2 amide bonds. The van der Waals surface area contributed by atoms with Gasteiger partial charge in [-0.15, -0.1) is 11.3 Å². The van der Waals surface area contributed by atoms with Crippen LogP contribution in [0.5, 0.6) is 0 Å². The summed E-state index contributed by atoms with van der Waals surface area (Å²) in [6, 6.07) is 0. The predicted molar refractivity (Wildman–Crippen MR) is 94.7 cm³/mol. The number of likely N-dealkylation sites (tertiary alicyclic amines) is 1. The highest BCUT2D eigenvalue weighted by atomic mass is 32.1. The third kappa shape index (κ3) is 4.88. The second kappa shape index (κ2) is 8.39. The van der Waals surface area contributed by atoms with Gasteiger partial charge in [0.1, 0.15) is 0 Å². The largest absolute Gasteiger partial charge is 0.376 e. The fourth-order valence-electron chi connectivity index (χ4n) is 2.94. The first-order chi connectivity index (χ1) is 11.5. The molecule has 2 rings (SSSR count). The van der Waals surface area contributed by atoms with E-state index in [9.17, 15) is 9.59 Å². The van der Waals surface area contributed by atoms with Crippen molar-refractivity contribution in [2.45, 2.75) is 38.2 Å². The van der Waals surface area contributed by atoms with E-state index >= 15 is 0 Å². The Labute approximate surface area is 146 Å². The lowest BCUT2D eigenvalue weighted by molar-refractivity contribution is -0.136. The van der Waals surface area contributed by atoms with Crippen molar-refractivity contribution in [1.82, 2.24) is 15.2 Å². The van der Waals surface area contributed by atoms with Gasteiger partial charge in [-0.25, -0.2) is 4.98 Å². The summed E-state index contributed by atoms with van der Waals surface area (Å²) in [5.74, 6) is -0.0459. The Hall–Kier alpha value is -1.73. The molecule has 0 saturated carbocycles. The smallest absolute Gasteiger partial charge is 0.246 e. The van der Waals surface area contributed by atoms with Crippen molar-refractivity contribution in [1.29, 1.82) is 0 Å². The minimum absolute atomic E-state index is 0.00586. The second-order valence-corrected chi connectivity index (χ2v) is 7.11. The van der Waals surface area contributed by atoms with E-state index < -0.39 is 5.60 Å². The standard InChI is InChI=1S/C17H25N3O3S/c1-13-19-14(11-24-13)5-6-16(22)20-10-4-8-17(12-20,23-3)9-7-15(21)18-2/h5-6,11H,4,7-10,12H2,1-3H3,(H,18,21)/b6-5+/t17-/m1/s1. The summed E-state index contributed by atoms with van der Waals surface area (Å²) in [5.41, 5.74) is 0.367. The van der Waals surface area contributed by atoms with E-state index in [2.05, 4.69) is 10.3 Å². The van der Waals surface area contributed by atoms with Crippen LogP contribution in [0.25, 0.3) is 6.08 Å². The lowest BCUT2D eigenvalue weighted by Gasteiger charge is -2.41. The van der Waals surface area contributed by atoms with Crippen LogP contribution >= 0.6 is 11.3 Å². The zero-order valence-corrected chi connectivity index (χ0v) is 15.3. The number of piperidine rings is 1. The average molecular weight is 351 g/mol. The van der Waals surface area contributed by atoms with Crippen molar-refractivity contribution in [3.05, 3.63) is 22.2 Å². The Morgan fingerprint density at radius 2 is 2.33 bits per heavy atom. The minimum Gasteiger partial charge on any atom is -0.376 e. The molecule has 0 radical (unpaired) electrons. The molecule has 1 aliphatic heterocycles. The Bertz CT molecular complexity index is 614. The van der Waals surface area contributed by atoms with Crippen LogP contribution in [-0.4, -0.2) is 54.5 Å². The lowest BCUT2D eigenvalue weighted by Crippen LogP contribution is -2.51. The van der Waals surface area contributed by atoms with Crippen LogP contribution in [0.3, 0.4) is 0 Å². The number of amides is 2. The molecule has 1 aromatic rings. The van der Waals surface area contributed by atoms with E-state index in [4.69, 9.17) is 4.74 Å². The molecule has 0 aromatic carbocycles. The van der Waals surface area contributed by atoms with E-state index in [1.54, 1.807) is 42.5 Å². The summed E-state index contributed by atoms with van der Waals surface area (Å²) >= 11 is 1.56. The summed E-state index contributed by atoms with van der Waals surface area (Å²) in [6.45, 7) is 3.16. The molecule has 6 nitrogen and oxygen atoms in total. The fourth-order valence-corrected chi connectivity index (χ4v) is 3.52. The first kappa shape index (κ1) is 18.6. The number of hydrogen-bond acceptors (Lipinski definition) is 5. The molecule has 1 aromatic heterocycles. The molecule has 1 atom stereocenters. The SMILES string of the molecule is CNC(=O)CC[C@]1(OC)CCCN(C(=O)/C=C/c2csc(C)n2)C1. The summed E-state index contributed by atoms with van der Waals surface area (Å²) in [5, 5.41) is 5.54. The quantitative estimate of drug-likeness (QED) is 0.796. The number of aromatic nitrogens is 1. The predicted octanol–water partition coefficient (Wildman–Crippen LogP) is 2.00. The number of hydrogen-bond donors (Lipinski definition) is 1. The molecule has 0 spiro atoms. The molecule has 7 heteroatoms. The van der Waals surface area contributed by atoms with Crippen LogP contribution in [0.1, 0.15) is 36.4 Å². The zero-order valence-electron chi connectivity index (χ0n) is 14.5. The van der Waals surface area contributed by atoms with Gasteiger partial charge in [-0.2, -0.15) is 0 Å². The second-order valence-electron chi connectivity index (χ2n) is 6.05. The Balaban J connectivity index is 1.98. The maximum atomic E-state index is 12.5. The lowest BCUT2D eigenvalue weighted by atomic mass is 9.87. The van der Waals surface area contributed by atoms with Crippen LogP contribution in [0.4, 0.5) is 0 Å². The molecule has 0 unspecified atom stereocenters. The van der Waals surface area contributed by atoms with Crippen molar-refractivity contribution in [2.24, 2.45) is 0 Å². The van der Waals surface area contributed by atoms with Crippen molar-refractivity contribution in [3.8, 4) is 0 Å². The molecule has 2 heterocycles. The van der Waals surface area contributed by atoms with Gasteiger partial charge in [-0.05, 0) is 32.3 Å². The van der Waals surface area contributed by atoms with Gasteiger partial charge in [0.2, 0.25) is 11.8 Å². The van der Waals surface area contributed by atoms with Crippen molar-refractivity contribution in [3.63, 3.8) is 0 Å². The Kier molecular flexibility index (Phi) is 6.51. The number of carbonyl (C=O) groups excluding carboxylic acids is 2. The highest BCUT2D eigenvalue weighted by Gasteiger charge is 2.36. The topological polar surface area (TPSA) is 71.5 Å². The molecule has 132 valence electrons. The number of ether oxygens (including phenoxy) is 1. The maximum absolute atomic E-state index is 12.5. The van der Waals surface area contributed by atoms with Gasteiger partial charge >= 0.3 is 0 Å². The van der Waals surface area contributed by atoms with E-state index in [0.717, 1.165) is 23.5 Å². The highest BCUT2D eigenvalue weighted by molar-refractivity contribution is 7.09. The first-order valence-corrected chi connectivity index (χ1v) is 9.01. The number of aryl methyl sites for hydroxylation is 1. The van der Waals surface area contributed by atoms with Crippen molar-refractivity contribution in [2.75, 3.05) is 27.2 Å². The normalized spacial score (nSPS) is 21.2. The molecular weight excluding hydrogens is 326 g/mol. The maximum Gasteiger partial charge on any atom is 0.246 e. The Morgan fingerprint density at radius 3 is 2.96 bits per heavy atom. The minimum atomic E-state index is -0.439. The number of carbonyl (C=O) groups is 2. The third-order valence-electron chi connectivity index (χ3n) is 4.40. The van der Waals surface area contributed by atoms with Gasteiger partial charge in [0.05, 0.1) is 16.3 Å². The number of methoxy groups -OCH3 is 1. The number of nitrogens with one attached hydrogen (secondary N) is 1. The summed E-state index contributed by atoms with van der Waals surface area (Å²) < 4.78 is 5.71. The fraction of sp³-hybridized carbons (Fsp3) is 0.588. The van der Waals surface area contributed by atoms with E-state index in [1.807, 2.05) is 12.3 Å². The van der Waals surface area contributed by atoms with Crippen LogP contribution < -0.4 is 5.32 Å². The molecule has 1 fully saturated rings. The first-order valence-electron chi connectivity index (χ1n) is 8.13. The summed E-state index contributed by atoms with van der Waals surface area (Å²) in [7, 11) is 3.29. The molecule has 1 aliphatic rings. The van der Waals surface area contributed by atoms with Gasteiger partial charge in [0.25, 0.3) is 0 Å². The van der Waals surface area contributed by atoms with Crippen LogP contribution in [0.15, 0.2) is 11.5 Å². The van der Waals surface area contributed by atoms with Crippen LogP contribution in [-0.2, 0) is 14.3 Å². The van der Waals surface area contributed by atoms with Crippen molar-refractivity contribution >= 4 is 29.2 Å². The molecular formula is C17H25N3O3S. The third-order valence-corrected chi connectivity index (χ3v) is 5.20. The van der Waals surface area contributed by atoms with Gasteiger partial charge in [-0.3, -0.25) is 9.59 Å². The van der Waals surface area contributed by atoms with Gasteiger partial charge in [0, 0.05) is 45.1 Å². The molecule has 1 saturated heterocycles. The van der Waals surface area contributed by atoms with Gasteiger partial charge in [0.15, 0.2) is 0 Å². The monoisotopic (exact) mass is 351 g/mol. The molecule has 0 bridgehead atoms. The summed E-state index contributed by atoms with van der Waals surface area (Å²) in [4.78, 5) is 30.1.